The first-order valence-electron chi connectivity index (χ1n) is 10.4. The fraction of sp³-hybridized carbons (Fsp3) is 0.545. The maximum atomic E-state index is 5.33. The molecule has 0 spiro atoms. The lowest BCUT2D eigenvalue weighted by atomic mass is 10.0. The summed E-state index contributed by atoms with van der Waals surface area (Å²) < 4.78 is 5.33. The number of thiazole rings is 1. The maximum Gasteiger partial charge on any atom is 0.191 e. The second-order valence-electron chi connectivity index (χ2n) is 7.43. The van der Waals surface area contributed by atoms with Crippen LogP contribution in [0.3, 0.4) is 0 Å². The van der Waals surface area contributed by atoms with Crippen LogP contribution in [0.4, 0.5) is 0 Å². The van der Waals surface area contributed by atoms with Crippen molar-refractivity contribution in [2.45, 2.75) is 45.7 Å². The Bertz CT molecular complexity index is 796. The fourth-order valence-corrected chi connectivity index (χ4v) is 4.71. The molecule has 0 radical (unpaired) electrons. The van der Waals surface area contributed by atoms with Crippen LogP contribution < -0.4 is 15.4 Å². The van der Waals surface area contributed by atoms with Crippen molar-refractivity contribution in [1.29, 1.82) is 0 Å². The molecule has 0 aliphatic carbocycles. The van der Waals surface area contributed by atoms with Crippen LogP contribution in [0.5, 0.6) is 5.75 Å². The molecule has 0 amide bonds. The zero-order chi connectivity index (χ0) is 20.6. The lowest BCUT2D eigenvalue weighted by molar-refractivity contribution is 0.164. The summed E-state index contributed by atoms with van der Waals surface area (Å²) in [5.41, 5.74) is 2.41. The number of rotatable bonds is 7. The van der Waals surface area contributed by atoms with Gasteiger partial charge in [0.15, 0.2) is 5.96 Å². The third-order valence-electron chi connectivity index (χ3n) is 5.43. The molecular formula is C22H33N5OS. The van der Waals surface area contributed by atoms with Crippen LogP contribution in [-0.2, 0) is 6.54 Å². The number of likely N-dealkylation sites (tertiary alicyclic amines) is 1. The van der Waals surface area contributed by atoms with Gasteiger partial charge in [-0.3, -0.25) is 9.89 Å². The van der Waals surface area contributed by atoms with Gasteiger partial charge in [0.1, 0.15) is 5.75 Å². The van der Waals surface area contributed by atoms with Gasteiger partial charge in [-0.2, -0.15) is 0 Å². The number of hydrogen-bond donors (Lipinski definition) is 2. The number of aliphatic imine (C=N–C) groups is 1. The molecular weight excluding hydrogens is 382 g/mol. The zero-order valence-corrected chi connectivity index (χ0v) is 18.8. The molecule has 6 nitrogen and oxygen atoms in total. The fourth-order valence-electron chi connectivity index (χ4n) is 3.83. The van der Waals surface area contributed by atoms with E-state index < -0.39 is 0 Å². The Morgan fingerprint density at radius 1 is 1.17 bits per heavy atom. The molecule has 1 aromatic carbocycles. The van der Waals surface area contributed by atoms with Gasteiger partial charge in [0, 0.05) is 18.5 Å². The molecule has 2 aromatic rings. The summed E-state index contributed by atoms with van der Waals surface area (Å²) in [5.74, 6) is 1.72. The highest BCUT2D eigenvalue weighted by Crippen LogP contribution is 2.26. The van der Waals surface area contributed by atoms with Gasteiger partial charge < -0.3 is 15.4 Å². The first-order chi connectivity index (χ1) is 14.1. The normalized spacial score (nSPS) is 16.5. The van der Waals surface area contributed by atoms with Crippen LogP contribution in [0.15, 0.2) is 29.3 Å². The summed E-state index contributed by atoms with van der Waals surface area (Å²) in [6.45, 7) is 7.95. The summed E-state index contributed by atoms with van der Waals surface area (Å²) in [6.07, 6.45) is 3.86. The Labute approximate surface area is 178 Å². The molecule has 1 fully saturated rings. The van der Waals surface area contributed by atoms with Crippen LogP contribution in [0.2, 0.25) is 0 Å². The number of benzene rings is 1. The van der Waals surface area contributed by atoms with E-state index in [1.165, 1.54) is 29.7 Å². The van der Waals surface area contributed by atoms with E-state index in [4.69, 9.17) is 4.74 Å². The quantitative estimate of drug-likeness (QED) is 0.534. The van der Waals surface area contributed by atoms with E-state index in [-0.39, 0.29) is 0 Å². The Balaban J connectivity index is 1.64. The minimum absolute atomic E-state index is 0.312. The Hall–Kier alpha value is -2.12. The largest absolute Gasteiger partial charge is 0.497 e. The summed E-state index contributed by atoms with van der Waals surface area (Å²) in [5, 5.41) is 8.08. The second kappa shape index (κ2) is 10.6. The average Bonchev–Trinajstić information content (AvgIpc) is 3.08. The molecule has 7 heteroatoms. The van der Waals surface area contributed by atoms with Crippen LogP contribution in [0.25, 0.3) is 0 Å². The van der Waals surface area contributed by atoms with E-state index in [0.29, 0.717) is 6.04 Å². The highest BCUT2D eigenvalue weighted by Gasteiger charge is 2.22. The molecule has 0 saturated carbocycles. The predicted octanol–water partition coefficient (Wildman–Crippen LogP) is 3.66. The van der Waals surface area contributed by atoms with Crippen molar-refractivity contribution in [3.63, 3.8) is 0 Å². The molecule has 2 heterocycles. The molecule has 29 heavy (non-hydrogen) atoms. The summed E-state index contributed by atoms with van der Waals surface area (Å²) in [7, 11) is 3.53. The Morgan fingerprint density at radius 2 is 1.90 bits per heavy atom. The molecule has 3 rings (SSSR count). The van der Waals surface area contributed by atoms with E-state index in [0.717, 1.165) is 48.6 Å². The van der Waals surface area contributed by atoms with Crippen LogP contribution in [-0.4, -0.2) is 49.6 Å². The highest BCUT2D eigenvalue weighted by molar-refractivity contribution is 7.11. The van der Waals surface area contributed by atoms with E-state index in [1.807, 2.05) is 26.1 Å². The third-order valence-corrected chi connectivity index (χ3v) is 6.51. The van der Waals surface area contributed by atoms with Gasteiger partial charge in [0.05, 0.1) is 30.4 Å². The van der Waals surface area contributed by atoms with Crippen LogP contribution >= 0.6 is 11.3 Å². The predicted molar refractivity (Wildman–Crippen MR) is 121 cm³/mol. The summed E-state index contributed by atoms with van der Waals surface area (Å²) in [6, 6.07) is 8.77. The smallest absolute Gasteiger partial charge is 0.191 e. The highest BCUT2D eigenvalue weighted by atomic mass is 32.1. The Kier molecular flexibility index (Phi) is 7.89. The van der Waals surface area contributed by atoms with E-state index in [9.17, 15) is 0 Å². The third kappa shape index (κ3) is 5.93. The van der Waals surface area contributed by atoms with Gasteiger partial charge in [-0.1, -0.05) is 18.6 Å². The summed E-state index contributed by atoms with van der Waals surface area (Å²) >= 11 is 1.74. The van der Waals surface area contributed by atoms with Crippen molar-refractivity contribution in [2.24, 2.45) is 4.99 Å². The molecule has 1 aliphatic rings. The van der Waals surface area contributed by atoms with Crippen molar-refractivity contribution in [1.82, 2.24) is 20.5 Å². The molecule has 1 atom stereocenters. The van der Waals surface area contributed by atoms with E-state index in [2.05, 4.69) is 44.6 Å². The minimum atomic E-state index is 0.312. The van der Waals surface area contributed by atoms with E-state index in [1.54, 1.807) is 18.4 Å². The number of nitrogens with zero attached hydrogens (tertiary/aromatic N) is 3. The number of hydrogen-bond acceptors (Lipinski definition) is 5. The van der Waals surface area contributed by atoms with Gasteiger partial charge in [-0.15, -0.1) is 11.3 Å². The van der Waals surface area contributed by atoms with Crippen LogP contribution in [0.1, 0.15) is 46.4 Å². The molecule has 0 bridgehead atoms. The number of methoxy groups -OCH3 is 1. The standard InChI is InChI=1S/C22H33N5OS/c1-16-21(29-17(2)26-16)15-25-22(23-3)24-14-20(27-12-6-5-7-13-27)18-8-10-19(28-4)11-9-18/h8-11,20H,5-7,12-15H2,1-4H3,(H2,23,24,25). The maximum absolute atomic E-state index is 5.33. The first kappa shape index (κ1) is 21.6. The van der Waals surface area contributed by atoms with Gasteiger partial charge in [0.25, 0.3) is 0 Å². The van der Waals surface area contributed by atoms with Gasteiger partial charge >= 0.3 is 0 Å². The van der Waals surface area contributed by atoms with Gasteiger partial charge in [-0.05, 0) is 57.5 Å². The van der Waals surface area contributed by atoms with Crippen molar-refractivity contribution in [2.75, 3.05) is 33.8 Å². The number of aryl methyl sites for hydroxylation is 2. The molecule has 2 N–H and O–H groups in total. The molecule has 1 aliphatic heterocycles. The Morgan fingerprint density at radius 3 is 2.48 bits per heavy atom. The summed E-state index contributed by atoms with van der Waals surface area (Å²) in [4.78, 5) is 12.8. The molecule has 158 valence electrons. The van der Waals surface area contributed by atoms with Crippen molar-refractivity contribution < 1.29 is 4.74 Å². The number of aromatic nitrogens is 1. The minimum Gasteiger partial charge on any atom is -0.497 e. The second-order valence-corrected chi connectivity index (χ2v) is 8.72. The first-order valence-corrected chi connectivity index (χ1v) is 11.2. The number of guanidine groups is 1. The van der Waals surface area contributed by atoms with Crippen molar-refractivity contribution in [3.05, 3.63) is 45.4 Å². The van der Waals surface area contributed by atoms with Crippen molar-refractivity contribution in [3.8, 4) is 5.75 Å². The SMILES string of the molecule is CN=C(NCc1sc(C)nc1C)NCC(c1ccc(OC)cc1)N1CCCCC1. The number of nitrogens with one attached hydrogen (secondary N) is 2. The monoisotopic (exact) mass is 415 g/mol. The van der Waals surface area contributed by atoms with Crippen molar-refractivity contribution >= 4 is 17.3 Å². The lowest BCUT2D eigenvalue weighted by Crippen LogP contribution is -2.44. The van der Waals surface area contributed by atoms with Crippen LogP contribution in [0, 0.1) is 13.8 Å². The lowest BCUT2D eigenvalue weighted by Gasteiger charge is -2.35. The molecule has 1 saturated heterocycles. The topological polar surface area (TPSA) is 61.8 Å². The average molecular weight is 416 g/mol. The van der Waals surface area contributed by atoms with Gasteiger partial charge in [-0.25, -0.2) is 4.98 Å². The number of piperidine rings is 1. The molecule has 1 unspecified atom stereocenters. The van der Waals surface area contributed by atoms with E-state index >= 15 is 0 Å². The zero-order valence-electron chi connectivity index (χ0n) is 18.0. The number of ether oxygens (including phenoxy) is 1. The van der Waals surface area contributed by atoms with Gasteiger partial charge in [0.2, 0.25) is 0 Å². The molecule has 1 aromatic heterocycles.